The Labute approximate surface area is 152 Å². The van der Waals surface area contributed by atoms with Crippen molar-refractivity contribution in [3.63, 3.8) is 0 Å². The molecule has 5 nitrogen and oxygen atoms in total. The molecule has 0 aliphatic carbocycles. The predicted molar refractivity (Wildman–Crippen MR) is 95.8 cm³/mol. The number of benzene rings is 1. The SMILES string of the molecule is Cc1nnc(Sc2ccc(Cl)cc2NCc2cnc(Cl)s2)n1C. The summed E-state index contributed by atoms with van der Waals surface area (Å²) in [4.78, 5) is 6.13. The van der Waals surface area contributed by atoms with E-state index in [4.69, 9.17) is 23.2 Å². The summed E-state index contributed by atoms with van der Waals surface area (Å²) in [6.45, 7) is 2.56. The average molecular weight is 386 g/mol. The van der Waals surface area contributed by atoms with Crippen LogP contribution >= 0.6 is 46.3 Å². The molecule has 0 atom stereocenters. The van der Waals surface area contributed by atoms with E-state index in [1.807, 2.05) is 36.7 Å². The second kappa shape index (κ2) is 7.09. The zero-order valence-electron chi connectivity index (χ0n) is 12.4. The van der Waals surface area contributed by atoms with Crippen molar-refractivity contribution in [3.05, 3.63) is 44.6 Å². The summed E-state index contributed by atoms with van der Waals surface area (Å²) in [6.07, 6.45) is 1.77. The zero-order valence-corrected chi connectivity index (χ0v) is 15.5. The average Bonchev–Trinajstić information content (AvgIpc) is 3.08. The van der Waals surface area contributed by atoms with Crippen LogP contribution in [0.25, 0.3) is 0 Å². The van der Waals surface area contributed by atoms with Gasteiger partial charge in [0, 0.05) is 28.0 Å². The van der Waals surface area contributed by atoms with Crippen LogP contribution in [-0.2, 0) is 13.6 Å². The van der Waals surface area contributed by atoms with E-state index in [1.54, 1.807) is 18.0 Å². The molecule has 0 fully saturated rings. The van der Waals surface area contributed by atoms with E-state index >= 15 is 0 Å². The highest BCUT2D eigenvalue weighted by Crippen LogP contribution is 2.34. The molecule has 0 saturated carbocycles. The third-order valence-electron chi connectivity index (χ3n) is 3.17. The largest absolute Gasteiger partial charge is 0.379 e. The van der Waals surface area contributed by atoms with Crippen molar-refractivity contribution in [2.75, 3.05) is 5.32 Å². The number of nitrogens with one attached hydrogen (secondary N) is 1. The third-order valence-corrected chi connectivity index (χ3v) is 5.64. The molecule has 3 rings (SSSR count). The molecule has 0 spiro atoms. The third kappa shape index (κ3) is 3.98. The van der Waals surface area contributed by atoms with Crippen molar-refractivity contribution in [1.29, 1.82) is 0 Å². The number of nitrogens with zero attached hydrogens (tertiary/aromatic N) is 4. The van der Waals surface area contributed by atoms with Gasteiger partial charge in [-0.2, -0.15) is 0 Å². The minimum Gasteiger partial charge on any atom is -0.379 e. The lowest BCUT2D eigenvalue weighted by atomic mass is 10.3. The predicted octanol–water partition coefficient (Wildman–Crippen LogP) is 4.65. The second-order valence-electron chi connectivity index (χ2n) is 4.76. The number of hydrogen-bond donors (Lipinski definition) is 1. The van der Waals surface area contributed by atoms with Gasteiger partial charge in [0.15, 0.2) is 9.62 Å². The van der Waals surface area contributed by atoms with Crippen LogP contribution in [0, 0.1) is 6.92 Å². The number of anilines is 1. The van der Waals surface area contributed by atoms with Crippen molar-refractivity contribution in [2.45, 2.75) is 23.5 Å². The first-order chi connectivity index (χ1) is 11.0. The molecule has 9 heteroatoms. The number of halogens is 2. The van der Waals surface area contributed by atoms with Gasteiger partial charge in [-0.3, -0.25) is 0 Å². The van der Waals surface area contributed by atoms with E-state index in [9.17, 15) is 0 Å². The number of aromatic nitrogens is 4. The number of thiazole rings is 1. The molecule has 3 aromatic rings. The van der Waals surface area contributed by atoms with E-state index in [-0.39, 0.29) is 0 Å². The van der Waals surface area contributed by atoms with Crippen LogP contribution < -0.4 is 5.32 Å². The molecule has 0 radical (unpaired) electrons. The number of rotatable bonds is 5. The lowest BCUT2D eigenvalue weighted by Gasteiger charge is -2.11. The van der Waals surface area contributed by atoms with Gasteiger partial charge in [0.1, 0.15) is 5.82 Å². The first kappa shape index (κ1) is 16.6. The first-order valence-corrected chi connectivity index (χ1v) is 9.09. The smallest absolute Gasteiger partial charge is 0.195 e. The molecule has 120 valence electrons. The molecule has 0 bridgehead atoms. The van der Waals surface area contributed by atoms with Crippen LogP contribution in [0.15, 0.2) is 34.4 Å². The number of aryl methyl sites for hydroxylation is 1. The van der Waals surface area contributed by atoms with Gasteiger partial charge in [-0.1, -0.05) is 23.2 Å². The van der Waals surface area contributed by atoms with Gasteiger partial charge in [-0.25, -0.2) is 4.98 Å². The van der Waals surface area contributed by atoms with Gasteiger partial charge in [0.05, 0.1) is 12.2 Å². The summed E-state index contributed by atoms with van der Waals surface area (Å²) in [7, 11) is 1.94. The van der Waals surface area contributed by atoms with Crippen LogP contribution in [0.1, 0.15) is 10.7 Å². The molecule has 0 saturated heterocycles. The van der Waals surface area contributed by atoms with E-state index in [0.29, 0.717) is 16.0 Å². The van der Waals surface area contributed by atoms with Gasteiger partial charge in [-0.05, 0) is 36.9 Å². The van der Waals surface area contributed by atoms with Gasteiger partial charge in [-0.15, -0.1) is 21.5 Å². The van der Waals surface area contributed by atoms with E-state index < -0.39 is 0 Å². The number of hydrogen-bond acceptors (Lipinski definition) is 6. The molecule has 2 heterocycles. The zero-order chi connectivity index (χ0) is 16.4. The summed E-state index contributed by atoms with van der Waals surface area (Å²) in [5.41, 5.74) is 0.938. The van der Waals surface area contributed by atoms with Crippen LogP contribution in [0.3, 0.4) is 0 Å². The van der Waals surface area contributed by atoms with Crippen molar-refractivity contribution >= 4 is 52.0 Å². The van der Waals surface area contributed by atoms with Crippen LogP contribution in [-0.4, -0.2) is 19.7 Å². The Morgan fingerprint density at radius 3 is 2.78 bits per heavy atom. The normalized spacial score (nSPS) is 11.0. The van der Waals surface area contributed by atoms with Gasteiger partial charge in [0.2, 0.25) is 0 Å². The fraction of sp³-hybridized carbons (Fsp3) is 0.214. The molecule has 0 unspecified atom stereocenters. The summed E-state index contributed by atoms with van der Waals surface area (Å²) in [5, 5.41) is 13.1. The van der Waals surface area contributed by atoms with E-state index in [0.717, 1.165) is 26.4 Å². The first-order valence-electron chi connectivity index (χ1n) is 6.70. The van der Waals surface area contributed by atoms with Gasteiger partial charge >= 0.3 is 0 Å². The summed E-state index contributed by atoms with van der Waals surface area (Å²) >= 11 is 15.0. The highest BCUT2D eigenvalue weighted by atomic mass is 35.5. The summed E-state index contributed by atoms with van der Waals surface area (Å²) < 4.78 is 2.49. The van der Waals surface area contributed by atoms with E-state index in [2.05, 4.69) is 20.5 Å². The van der Waals surface area contributed by atoms with Crippen molar-refractivity contribution in [3.8, 4) is 0 Å². The fourth-order valence-electron chi connectivity index (χ4n) is 1.85. The Kier molecular flexibility index (Phi) is 5.11. The molecule has 0 amide bonds. The monoisotopic (exact) mass is 385 g/mol. The Morgan fingerprint density at radius 1 is 1.30 bits per heavy atom. The Hall–Kier alpha value is -1.28. The molecule has 0 aliphatic rings. The van der Waals surface area contributed by atoms with Crippen LogP contribution in [0.2, 0.25) is 9.49 Å². The van der Waals surface area contributed by atoms with Crippen molar-refractivity contribution in [2.24, 2.45) is 7.05 Å². The maximum absolute atomic E-state index is 6.13. The lowest BCUT2D eigenvalue weighted by molar-refractivity contribution is 0.765. The molecular formula is C14H13Cl2N5S2. The van der Waals surface area contributed by atoms with Crippen LogP contribution in [0.4, 0.5) is 5.69 Å². The Bertz CT molecular complexity index is 830. The molecule has 23 heavy (non-hydrogen) atoms. The maximum atomic E-state index is 6.13. The van der Waals surface area contributed by atoms with Gasteiger partial charge < -0.3 is 9.88 Å². The minimum absolute atomic E-state index is 0.539. The highest BCUT2D eigenvalue weighted by molar-refractivity contribution is 7.99. The highest BCUT2D eigenvalue weighted by Gasteiger charge is 2.11. The standard InChI is InChI=1S/C14H13Cl2N5S2/c1-8-19-20-14(21(8)2)23-12-4-3-9(15)5-11(12)17-6-10-7-18-13(16)22-10/h3-5,7,17H,6H2,1-2H3. The maximum Gasteiger partial charge on any atom is 0.195 e. The van der Waals surface area contributed by atoms with Crippen molar-refractivity contribution in [1.82, 2.24) is 19.7 Å². The molecular weight excluding hydrogens is 373 g/mol. The Morgan fingerprint density at radius 2 is 2.13 bits per heavy atom. The van der Waals surface area contributed by atoms with Crippen molar-refractivity contribution < 1.29 is 0 Å². The topological polar surface area (TPSA) is 55.6 Å². The molecule has 2 aromatic heterocycles. The fourth-order valence-corrected chi connectivity index (χ4v) is 3.87. The van der Waals surface area contributed by atoms with E-state index in [1.165, 1.54) is 11.3 Å². The summed E-state index contributed by atoms with van der Waals surface area (Å²) in [5.74, 6) is 0.871. The molecule has 1 N–H and O–H groups in total. The lowest BCUT2D eigenvalue weighted by Crippen LogP contribution is -2.00. The summed E-state index contributed by atoms with van der Waals surface area (Å²) in [6, 6.07) is 5.73. The minimum atomic E-state index is 0.539. The molecule has 1 aromatic carbocycles. The molecule has 0 aliphatic heterocycles. The van der Waals surface area contributed by atoms with Gasteiger partial charge in [0.25, 0.3) is 0 Å². The van der Waals surface area contributed by atoms with Crippen LogP contribution in [0.5, 0.6) is 0 Å². The quantitative estimate of drug-likeness (QED) is 0.692. The second-order valence-corrected chi connectivity index (χ2v) is 7.91. The Balaban J connectivity index is 1.81.